The zero-order valence-electron chi connectivity index (χ0n) is 12.8. The molecule has 0 aliphatic carbocycles. The Hall–Kier alpha value is -1.60. The average Bonchev–Trinajstić information content (AvgIpc) is 2.45. The van der Waals surface area contributed by atoms with Gasteiger partial charge in [0.25, 0.3) is 0 Å². The third-order valence-corrected chi connectivity index (χ3v) is 5.34. The van der Waals surface area contributed by atoms with E-state index in [1.54, 1.807) is 0 Å². The number of anilines is 1. The monoisotopic (exact) mass is 314 g/mol. The number of ether oxygens (including phenoxy) is 1. The number of nitrogens with two attached hydrogens (primary N) is 1. The standard InChI is InChI=1S/C14H22N2O4S/c1-5-14(3,6-2)16-21(18,19)12-8-7-10(15)9-11(12)13(17)20-4/h7-9,16H,5-6,15H2,1-4H3. The molecule has 0 radical (unpaired) electrons. The van der Waals surface area contributed by atoms with Crippen molar-refractivity contribution < 1.29 is 17.9 Å². The molecule has 6 nitrogen and oxygen atoms in total. The minimum Gasteiger partial charge on any atom is -0.465 e. The molecule has 1 aromatic rings. The largest absolute Gasteiger partial charge is 0.465 e. The molecule has 0 saturated heterocycles. The van der Waals surface area contributed by atoms with Crippen molar-refractivity contribution in [2.75, 3.05) is 12.8 Å². The lowest BCUT2D eigenvalue weighted by atomic mass is 9.98. The highest BCUT2D eigenvalue weighted by molar-refractivity contribution is 7.89. The van der Waals surface area contributed by atoms with Crippen LogP contribution < -0.4 is 10.5 Å². The van der Waals surface area contributed by atoms with Crippen molar-refractivity contribution in [3.05, 3.63) is 23.8 Å². The molecule has 0 spiro atoms. The number of hydrogen-bond acceptors (Lipinski definition) is 5. The van der Waals surface area contributed by atoms with Crippen LogP contribution in [0.2, 0.25) is 0 Å². The van der Waals surface area contributed by atoms with Gasteiger partial charge in [0, 0.05) is 11.2 Å². The maximum absolute atomic E-state index is 12.6. The first-order chi connectivity index (χ1) is 9.69. The Morgan fingerprint density at radius 3 is 2.38 bits per heavy atom. The SMILES string of the molecule is CCC(C)(CC)NS(=O)(=O)c1ccc(N)cc1C(=O)OC. The lowest BCUT2D eigenvalue weighted by molar-refractivity contribution is 0.0596. The molecule has 0 heterocycles. The number of nitrogens with one attached hydrogen (secondary N) is 1. The van der Waals surface area contributed by atoms with Gasteiger partial charge in [-0.3, -0.25) is 0 Å². The minimum absolute atomic E-state index is 0.0699. The maximum atomic E-state index is 12.6. The van der Waals surface area contributed by atoms with Crippen molar-refractivity contribution in [2.45, 2.75) is 44.0 Å². The number of sulfonamides is 1. The van der Waals surface area contributed by atoms with Crippen LogP contribution in [-0.4, -0.2) is 27.0 Å². The second kappa shape index (κ2) is 6.44. The van der Waals surface area contributed by atoms with Gasteiger partial charge in [0.15, 0.2) is 0 Å². The van der Waals surface area contributed by atoms with Gasteiger partial charge in [-0.1, -0.05) is 13.8 Å². The molecule has 0 aliphatic heterocycles. The molecule has 1 rings (SSSR count). The van der Waals surface area contributed by atoms with Crippen LogP contribution in [0.1, 0.15) is 44.0 Å². The van der Waals surface area contributed by atoms with E-state index >= 15 is 0 Å². The van der Waals surface area contributed by atoms with E-state index in [4.69, 9.17) is 5.73 Å². The predicted octanol–water partition coefficient (Wildman–Crippen LogP) is 1.91. The summed E-state index contributed by atoms with van der Waals surface area (Å²) in [7, 11) is -2.66. The van der Waals surface area contributed by atoms with Gasteiger partial charge in [-0.05, 0) is 38.0 Å². The van der Waals surface area contributed by atoms with E-state index in [2.05, 4.69) is 9.46 Å². The fourth-order valence-corrected chi connectivity index (χ4v) is 3.55. The first kappa shape index (κ1) is 17.5. The Labute approximate surface area is 125 Å². The van der Waals surface area contributed by atoms with Crippen molar-refractivity contribution >= 4 is 21.7 Å². The Bertz CT molecular complexity index is 622. The molecule has 3 N–H and O–H groups in total. The minimum atomic E-state index is -3.85. The van der Waals surface area contributed by atoms with Crippen molar-refractivity contribution in [3.63, 3.8) is 0 Å². The first-order valence-corrected chi connectivity index (χ1v) is 8.19. The molecule has 0 aliphatic rings. The molecule has 0 amide bonds. The Balaban J connectivity index is 3.35. The molecule has 7 heteroatoms. The lowest BCUT2D eigenvalue weighted by Crippen LogP contribution is -2.45. The van der Waals surface area contributed by atoms with E-state index in [0.717, 1.165) is 0 Å². The van der Waals surface area contributed by atoms with Crippen LogP contribution in [0.25, 0.3) is 0 Å². The molecule has 0 saturated carbocycles. The highest BCUT2D eigenvalue weighted by Crippen LogP contribution is 2.23. The summed E-state index contributed by atoms with van der Waals surface area (Å²) >= 11 is 0. The molecule has 0 unspecified atom stereocenters. The Morgan fingerprint density at radius 1 is 1.33 bits per heavy atom. The number of benzene rings is 1. The molecule has 21 heavy (non-hydrogen) atoms. The lowest BCUT2D eigenvalue weighted by Gasteiger charge is -2.28. The number of carbonyl (C=O) groups excluding carboxylic acids is 1. The second-order valence-corrected chi connectivity index (χ2v) is 6.77. The van der Waals surface area contributed by atoms with Gasteiger partial charge >= 0.3 is 5.97 Å². The number of esters is 1. The summed E-state index contributed by atoms with van der Waals surface area (Å²) in [5, 5.41) is 0. The topological polar surface area (TPSA) is 98.5 Å². The number of hydrogen-bond donors (Lipinski definition) is 2. The van der Waals surface area contributed by atoms with E-state index in [0.29, 0.717) is 18.5 Å². The van der Waals surface area contributed by atoms with E-state index in [1.165, 1.54) is 25.3 Å². The quantitative estimate of drug-likeness (QED) is 0.617. The molecular weight excluding hydrogens is 292 g/mol. The Morgan fingerprint density at radius 2 is 1.90 bits per heavy atom. The molecule has 0 bridgehead atoms. The van der Waals surface area contributed by atoms with Crippen molar-refractivity contribution in [2.24, 2.45) is 0 Å². The smallest absolute Gasteiger partial charge is 0.339 e. The van der Waals surface area contributed by atoms with Crippen molar-refractivity contribution in [1.29, 1.82) is 0 Å². The van der Waals surface area contributed by atoms with E-state index in [9.17, 15) is 13.2 Å². The highest BCUT2D eigenvalue weighted by atomic mass is 32.2. The highest BCUT2D eigenvalue weighted by Gasteiger charge is 2.30. The average molecular weight is 314 g/mol. The van der Waals surface area contributed by atoms with Gasteiger partial charge < -0.3 is 10.5 Å². The summed E-state index contributed by atoms with van der Waals surface area (Å²) in [4.78, 5) is 11.6. The number of nitrogen functional groups attached to an aromatic ring is 1. The Kier molecular flexibility index (Phi) is 5.36. The zero-order chi connectivity index (χ0) is 16.3. The summed E-state index contributed by atoms with van der Waals surface area (Å²) < 4.78 is 32.4. The summed E-state index contributed by atoms with van der Waals surface area (Å²) in [6.07, 6.45) is 1.26. The normalized spacial score (nSPS) is 12.2. The van der Waals surface area contributed by atoms with Gasteiger partial charge in [0.2, 0.25) is 10.0 Å². The van der Waals surface area contributed by atoms with Crippen LogP contribution in [0.4, 0.5) is 5.69 Å². The summed E-state index contributed by atoms with van der Waals surface area (Å²) in [5.74, 6) is -0.739. The summed E-state index contributed by atoms with van der Waals surface area (Å²) in [6, 6.07) is 4.06. The van der Waals surface area contributed by atoms with Crippen LogP contribution in [-0.2, 0) is 14.8 Å². The van der Waals surface area contributed by atoms with Gasteiger partial charge in [0.05, 0.1) is 17.6 Å². The third-order valence-electron chi connectivity index (χ3n) is 3.64. The fraction of sp³-hybridized carbons (Fsp3) is 0.500. The number of carbonyl (C=O) groups is 1. The zero-order valence-corrected chi connectivity index (χ0v) is 13.6. The van der Waals surface area contributed by atoms with Crippen LogP contribution in [0.15, 0.2) is 23.1 Å². The van der Waals surface area contributed by atoms with E-state index in [-0.39, 0.29) is 10.5 Å². The van der Waals surface area contributed by atoms with Crippen molar-refractivity contribution in [1.82, 2.24) is 4.72 Å². The third kappa shape index (κ3) is 3.95. The van der Waals surface area contributed by atoms with E-state index in [1.807, 2.05) is 20.8 Å². The molecule has 0 atom stereocenters. The maximum Gasteiger partial charge on any atom is 0.339 e. The van der Waals surface area contributed by atoms with Gasteiger partial charge in [0.1, 0.15) is 0 Å². The number of rotatable bonds is 6. The van der Waals surface area contributed by atoms with Crippen LogP contribution in [0.3, 0.4) is 0 Å². The predicted molar refractivity (Wildman–Crippen MR) is 81.5 cm³/mol. The molecular formula is C14H22N2O4S. The van der Waals surface area contributed by atoms with Gasteiger partial charge in [-0.25, -0.2) is 17.9 Å². The summed E-state index contributed by atoms with van der Waals surface area (Å²) in [5.41, 5.74) is 5.27. The van der Waals surface area contributed by atoms with Crippen LogP contribution in [0.5, 0.6) is 0 Å². The number of methoxy groups -OCH3 is 1. The molecule has 0 aromatic heterocycles. The fourth-order valence-electron chi connectivity index (χ4n) is 1.83. The van der Waals surface area contributed by atoms with Crippen LogP contribution in [0, 0.1) is 0 Å². The van der Waals surface area contributed by atoms with Crippen LogP contribution >= 0.6 is 0 Å². The molecule has 0 fully saturated rings. The second-order valence-electron chi connectivity index (χ2n) is 5.12. The summed E-state index contributed by atoms with van der Waals surface area (Å²) in [6.45, 7) is 5.62. The van der Waals surface area contributed by atoms with Gasteiger partial charge in [-0.2, -0.15) is 0 Å². The van der Waals surface area contributed by atoms with E-state index < -0.39 is 21.5 Å². The van der Waals surface area contributed by atoms with Crippen molar-refractivity contribution in [3.8, 4) is 0 Å². The molecule has 118 valence electrons. The first-order valence-electron chi connectivity index (χ1n) is 6.71. The molecule has 1 aromatic carbocycles. The van der Waals surface area contributed by atoms with Gasteiger partial charge in [-0.15, -0.1) is 0 Å².